The first-order chi connectivity index (χ1) is 7.68. The van der Waals surface area contributed by atoms with Gasteiger partial charge < -0.3 is 4.90 Å². The van der Waals surface area contributed by atoms with Gasteiger partial charge in [-0.3, -0.25) is 10.1 Å². The number of hydrogen-bond donors (Lipinski definition) is 1. The lowest BCUT2D eigenvalue weighted by atomic mass is 10.1. The van der Waals surface area contributed by atoms with Gasteiger partial charge in [0.2, 0.25) is 5.91 Å². The second-order valence-corrected chi connectivity index (χ2v) is 4.66. The molecular formula is C13H18N2O. The van der Waals surface area contributed by atoms with Crippen LogP contribution in [0.3, 0.4) is 0 Å². The lowest BCUT2D eigenvalue weighted by molar-refractivity contribution is -0.129. The molecule has 1 aromatic rings. The number of rotatable bonds is 3. The fourth-order valence-electron chi connectivity index (χ4n) is 2.05. The van der Waals surface area contributed by atoms with Gasteiger partial charge in [-0.15, -0.1) is 0 Å². The molecule has 1 amide bonds. The number of benzene rings is 1. The van der Waals surface area contributed by atoms with E-state index in [4.69, 9.17) is 0 Å². The highest BCUT2D eigenvalue weighted by Gasteiger charge is 2.31. The van der Waals surface area contributed by atoms with Crippen molar-refractivity contribution < 1.29 is 4.79 Å². The van der Waals surface area contributed by atoms with E-state index in [0.717, 1.165) is 12.1 Å². The predicted octanol–water partition coefficient (Wildman–Crippen LogP) is 1.77. The lowest BCUT2D eigenvalue weighted by Crippen LogP contribution is -2.30. The smallest absolute Gasteiger partial charge is 0.245 e. The van der Waals surface area contributed by atoms with Gasteiger partial charge in [-0.25, -0.2) is 0 Å². The van der Waals surface area contributed by atoms with Crippen LogP contribution in [0.25, 0.3) is 0 Å². The van der Waals surface area contributed by atoms with E-state index in [0.29, 0.717) is 12.6 Å². The second kappa shape index (κ2) is 4.66. The van der Waals surface area contributed by atoms with Crippen LogP contribution in [-0.2, 0) is 4.79 Å². The first-order valence-electron chi connectivity index (χ1n) is 5.75. The van der Waals surface area contributed by atoms with Crippen LogP contribution in [0.5, 0.6) is 0 Å². The number of nitrogens with one attached hydrogen (secondary N) is 1. The normalized spacial score (nSPS) is 20.8. The van der Waals surface area contributed by atoms with Crippen LogP contribution in [0.15, 0.2) is 30.3 Å². The molecule has 0 saturated carbocycles. The summed E-state index contributed by atoms with van der Waals surface area (Å²) in [5.41, 5.74) is 1.05. The molecule has 0 radical (unpaired) electrons. The second-order valence-electron chi connectivity index (χ2n) is 4.66. The van der Waals surface area contributed by atoms with Crippen molar-refractivity contribution >= 4 is 5.91 Å². The molecule has 0 spiro atoms. The first kappa shape index (κ1) is 11.1. The van der Waals surface area contributed by atoms with Gasteiger partial charge in [0.25, 0.3) is 0 Å². The summed E-state index contributed by atoms with van der Waals surface area (Å²) in [7, 11) is 0. The topological polar surface area (TPSA) is 32.3 Å². The molecule has 1 aromatic carbocycles. The molecule has 3 nitrogen and oxygen atoms in total. The van der Waals surface area contributed by atoms with Gasteiger partial charge in [-0.1, -0.05) is 44.2 Å². The maximum atomic E-state index is 12.1. The van der Waals surface area contributed by atoms with Crippen LogP contribution in [0.1, 0.15) is 25.5 Å². The highest BCUT2D eigenvalue weighted by molar-refractivity contribution is 5.85. The standard InChI is InChI=1S/C13H18N2O/c1-10(2)8-15-9-14-12(13(15)16)11-6-4-3-5-7-11/h3-7,10,12,14H,8-9H2,1-2H3. The van der Waals surface area contributed by atoms with Crippen molar-refractivity contribution in [1.29, 1.82) is 0 Å². The van der Waals surface area contributed by atoms with Gasteiger partial charge in [0.1, 0.15) is 6.04 Å². The molecule has 0 aliphatic carbocycles. The van der Waals surface area contributed by atoms with Crippen molar-refractivity contribution in [3.8, 4) is 0 Å². The van der Waals surface area contributed by atoms with E-state index in [1.165, 1.54) is 0 Å². The van der Waals surface area contributed by atoms with Crippen molar-refractivity contribution in [3.05, 3.63) is 35.9 Å². The van der Waals surface area contributed by atoms with Crippen LogP contribution in [0.4, 0.5) is 0 Å². The van der Waals surface area contributed by atoms with Crippen molar-refractivity contribution in [2.75, 3.05) is 13.2 Å². The van der Waals surface area contributed by atoms with E-state index in [9.17, 15) is 4.79 Å². The minimum atomic E-state index is -0.153. The molecule has 86 valence electrons. The van der Waals surface area contributed by atoms with Gasteiger partial charge in [-0.2, -0.15) is 0 Å². The predicted molar refractivity (Wildman–Crippen MR) is 63.7 cm³/mol. The maximum Gasteiger partial charge on any atom is 0.245 e. The van der Waals surface area contributed by atoms with E-state index in [2.05, 4.69) is 19.2 Å². The Morgan fingerprint density at radius 2 is 2.06 bits per heavy atom. The van der Waals surface area contributed by atoms with Gasteiger partial charge >= 0.3 is 0 Å². The quantitative estimate of drug-likeness (QED) is 0.838. The van der Waals surface area contributed by atoms with E-state index in [1.54, 1.807) is 0 Å². The van der Waals surface area contributed by atoms with E-state index in [-0.39, 0.29) is 11.9 Å². The zero-order valence-corrected chi connectivity index (χ0v) is 9.81. The number of amides is 1. The fraction of sp³-hybridized carbons (Fsp3) is 0.462. The zero-order valence-electron chi connectivity index (χ0n) is 9.81. The molecule has 1 aliphatic rings. The average Bonchev–Trinajstić information content (AvgIpc) is 2.61. The van der Waals surface area contributed by atoms with Crippen molar-refractivity contribution in [2.45, 2.75) is 19.9 Å². The molecule has 1 aliphatic heterocycles. The van der Waals surface area contributed by atoms with Crippen molar-refractivity contribution in [1.82, 2.24) is 10.2 Å². The zero-order chi connectivity index (χ0) is 11.5. The largest absolute Gasteiger partial charge is 0.328 e. The maximum absolute atomic E-state index is 12.1. The molecule has 0 bridgehead atoms. The summed E-state index contributed by atoms with van der Waals surface area (Å²) < 4.78 is 0. The third-order valence-corrected chi connectivity index (χ3v) is 2.76. The van der Waals surface area contributed by atoms with Crippen LogP contribution in [0, 0.1) is 5.92 Å². The highest BCUT2D eigenvalue weighted by atomic mass is 16.2. The number of carbonyl (C=O) groups excluding carboxylic acids is 1. The Bertz CT molecular complexity index is 361. The summed E-state index contributed by atoms with van der Waals surface area (Å²) in [4.78, 5) is 14.0. The van der Waals surface area contributed by atoms with E-state index < -0.39 is 0 Å². The Morgan fingerprint density at radius 3 is 2.69 bits per heavy atom. The van der Waals surface area contributed by atoms with Gasteiger partial charge in [-0.05, 0) is 11.5 Å². The Labute approximate surface area is 96.5 Å². The Hall–Kier alpha value is -1.35. The molecule has 0 aromatic heterocycles. The molecule has 1 saturated heterocycles. The van der Waals surface area contributed by atoms with Crippen LogP contribution < -0.4 is 5.32 Å². The number of hydrogen-bond acceptors (Lipinski definition) is 2. The summed E-state index contributed by atoms with van der Waals surface area (Å²) in [5, 5.41) is 3.25. The van der Waals surface area contributed by atoms with Crippen LogP contribution in [-0.4, -0.2) is 24.0 Å². The SMILES string of the molecule is CC(C)CN1CNC(c2ccccc2)C1=O. The third-order valence-electron chi connectivity index (χ3n) is 2.76. The molecule has 1 atom stereocenters. The summed E-state index contributed by atoms with van der Waals surface area (Å²) in [5.74, 6) is 0.708. The molecule has 3 heteroatoms. The summed E-state index contributed by atoms with van der Waals surface area (Å²) in [6.07, 6.45) is 0. The molecule has 1 unspecified atom stereocenters. The molecule has 16 heavy (non-hydrogen) atoms. The third kappa shape index (κ3) is 2.25. The number of nitrogens with zero attached hydrogens (tertiary/aromatic N) is 1. The monoisotopic (exact) mass is 218 g/mol. The van der Waals surface area contributed by atoms with Crippen molar-refractivity contribution in [2.24, 2.45) is 5.92 Å². The van der Waals surface area contributed by atoms with Crippen LogP contribution >= 0.6 is 0 Å². The van der Waals surface area contributed by atoms with Gasteiger partial charge in [0.15, 0.2) is 0 Å². The fourth-order valence-corrected chi connectivity index (χ4v) is 2.05. The minimum absolute atomic E-state index is 0.153. The van der Waals surface area contributed by atoms with Gasteiger partial charge in [0, 0.05) is 6.54 Å². The molecule has 2 rings (SSSR count). The number of carbonyl (C=O) groups is 1. The van der Waals surface area contributed by atoms with E-state index in [1.807, 2.05) is 35.2 Å². The Balaban J connectivity index is 2.08. The van der Waals surface area contributed by atoms with Crippen LogP contribution in [0.2, 0.25) is 0 Å². The molecular weight excluding hydrogens is 200 g/mol. The van der Waals surface area contributed by atoms with Gasteiger partial charge in [0.05, 0.1) is 6.67 Å². The first-order valence-corrected chi connectivity index (χ1v) is 5.75. The van der Waals surface area contributed by atoms with Crippen molar-refractivity contribution in [3.63, 3.8) is 0 Å². The minimum Gasteiger partial charge on any atom is -0.328 e. The summed E-state index contributed by atoms with van der Waals surface area (Å²) in [6.45, 7) is 5.75. The summed E-state index contributed by atoms with van der Waals surface area (Å²) in [6, 6.07) is 9.74. The molecule has 1 heterocycles. The molecule has 1 fully saturated rings. The Kier molecular flexibility index (Phi) is 3.25. The lowest BCUT2D eigenvalue weighted by Gasteiger charge is -2.17. The summed E-state index contributed by atoms with van der Waals surface area (Å²) >= 11 is 0. The average molecular weight is 218 g/mol. The Morgan fingerprint density at radius 1 is 1.38 bits per heavy atom. The molecule has 1 N–H and O–H groups in total. The highest BCUT2D eigenvalue weighted by Crippen LogP contribution is 2.20. The van der Waals surface area contributed by atoms with E-state index >= 15 is 0 Å².